The van der Waals surface area contributed by atoms with Crippen molar-refractivity contribution in [3.05, 3.63) is 77.1 Å². The van der Waals surface area contributed by atoms with Crippen LogP contribution in [0.2, 0.25) is 0 Å². The van der Waals surface area contributed by atoms with Crippen LogP contribution in [0.15, 0.2) is 54.7 Å². The zero-order valence-electron chi connectivity index (χ0n) is 17.6. The van der Waals surface area contributed by atoms with Crippen molar-refractivity contribution in [2.75, 3.05) is 25.1 Å². The molecule has 2 amide bonds. The number of nitriles is 1. The number of amides is 2. The highest BCUT2D eigenvalue weighted by Crippen LogP contribution is 2.32. The Balaban J connectivity index is 1.40. The van der Waals surface area contributed by atoms with E-state index >= 15 is 0 Å². The Bertz CT molecular complexity index is 1260. The minimum atomic E-state index is -0.725. The molecule has 0 saturated heterocycles. The van der Waals surface area contributed by atoms with Gasteiger partial charge in [-0.2, -0.15) is 10.4 Å². The van der Waals surface area contributed by atoms with E-state index in [0.29, 0.717) is 42.2 Å². The van der Waals surface area contributed by atoms with Gasteiger partial charge in [-0.3, -0.25) is 14.3 Å². The molecule has 0 spiro atoms. The number of hydrogen-bond acceptors (Lipinski definition) is 5. The summed E-state index contributed by atoms with van der Waals surface area (Å²) >= 11 is 0. The number of likely N-dealkylation sites (N-methyl/N-ethyl adjacent to an activating group) is 1. The monoisotopic (exact) mass is 427 g/mol. The molecule has 1 atom stereocenters. The maximum Gasteiger partial charge on any atom is 0.275 e. The average molecular weight is 427 g/mol. The second kappa shape index (κ2) is 7.85. The average Bonchev–Trinajstić information content (AvgIpc) is 3.18. The van der Waals surface area contributed by atoms with Crippen molar-refractivity contribution < 1.29 is 14.3 Å². The lowest BCUT2D eigenvalue weighted by molar-refractivity contribution is -0.123. The highest BCUT2D eigenvalue weighted by molar-refractivity contribution is 6.03. The van der Waals surface area contributed by atoms with Gasteiger partial charge in [0.15, 0.2) is 5.69 Å². The van der Waals surface area contributed by atoms with Crippen LogP contribution in [0, 0.1) is 11.3 Å². The Hall–Kier alpha value is -4.12. The van der Waals surface area contributed by atoms with E-state index in [-0.39, 0.29) is 18.4 Å². The summed E-state index contributed by atoms with van der Waals surface area (Å²) in [5.74, 6) is 0.158. The van der Waals surface area contributed by atoms with E-state index in [9.17, 15) is 14.9 Å². The molecular weight excluding hydrogens is 406 g/mol. The highest BCUT2D eigenvalue weighted by Gasteiger charge is 2.39. The molecule has 5 rings (SSSR count). The predicted molar refractivity (Wildman–Crippen MR) is 116 cm³/mol. The molecule has 8 heteroatoms. The van der Waals surface area contributed by atoms with Crippen molar-refractivity contribution in [1.82, 2.24) is 14.7 Å². The molecule has 0 bridgehead atoms. The number of fused-ring (bicyclic) bond motifs is 2. The van der Waals surface area contributed by atoms with Crippen molar-refractivity contribution >= 4 is 17.5 Å². The first-order valence-corrected chi connectivity index (χ1v) is 10.4. The van der Waals surface area contributed by atoms with Gasteiger partial charge in [-0.15, -0.1) is 0 Å². The number of nitrogens with zero attached hydrogens (tertiary/aromatic N) is 5. The molecule has 8 nitrogen and oxygen atoms in total. The standard InChI is InChI=1S/C24H21N5O3/c1-27-19-8-4-5-9-21(19)32-15-20(23(27)30)29-11-10-18-14-28(26-22(18)24(29)31)13-17-7-3-2-6-16(17)12-25/h2-9,14,20H,10-11,13,15H2,1H3/t20-/m0/s1. The van der Waals surface area contributed by atoms with Crippen LogP contribution in [0.3, 0.4) is 0 Å². The molecule has 160 valence electrons. The second-order valence-corrected chi connectivity index (χ2v) is 7.91. The summed E-state index contributed by atoms with van der Waals surface area (Å²) in [6, 6.07) is 16.1. The fourth-order valence-corrected chi connectivity index (χ4v) is 4.29. The van der Waals surface area contributed by atoms with Crippen LogP contribution in [-0.2, 0) is 17.8 Å². The molecule has 1 aromatic heterocycles. The third-order valence-electron chi connectivity index (χ3n) is 6.01. The third kappa shape index (κ3) is 3.28. The zero-order chi connectivity index (χ0) is 22.2. The van der Waals surface area contributed by atoms with Gasteiger partial charge in [0.05, 0.1) is 23.9 Å². The number of benzene rings is 2. The van der Waals surface area contributed by atoms with Crippen LogP contribution in [-0.4, -0.2) is 52.7 Å². The Morgan fingerprint density at radius 3 is 2.78 bits per heavy atom. The summed E-state index contributed by atoms with van der Waals surface area (Å²) in [7, 11) is 1.70. The van der Waals surface area contributed by atoms with E-state index in [1.165, 1.54) is 0 Å². The van der Waals surface area contributed by atoms with Crippen molar-refractivity contribution in [2.24, 2.45) is 0 Å². The minimum absolute atomic E-state index is 0.0948. The Morgan fingerprint density at radius 2 is 1.94 bits per heavy atom. The second-order valence-electron chi connectivity index (χ2n) is 7.91. The fraction of sp³-hybridized carbons (Fsp3) is 0.250. The summed E-state index contributed by atoms with van der Waals surface area (Å²) in [6.45, 7) is 0.904. The zero-order valence-corrected chi connectivity index (χ0v) is 17.6. The predicted octanol–water partition coefficient (Wildman–Crippen LogP) is 2.23. The quantitative estimate of drug-likeness (QED) is 0.639. The number of aromatic nitrogens is 2. The SMILES string of the molecule is CN1C(=O)[C@@H](N2CCc3cn(Cc4ccccc4C#N)nc3C2=O)COc2ccccc21. The number of carbonyl (C=O) groups is 2. The molecule has 3 aromatic rings. The summed E-state index contributed by atoms with van der Waals surface area (Å²) in [5, 5.41) is 13.8. The number of carbonyl (C=O) groups excluding carboxylic acids is 2. The van der Waals surface area contributed by atoms with Crippen molar-refractivity contribution in [2.45, 2.75) is 19.0 Å². The number of para-hydroxylation sites is 2. The van der Waals surface area contributed by atoms with Gasteiger partial charge in [-0.25, -0.2) is 0 Å². The first kappa shape index (κ1) is 19.8. The van der Waals surface area contributed by atoms with Crippen LogP contribution >= 0.6 is 0 Å². The largest absolute Gasteiger partial charge is 0.489 e. The minimum Gasteiger partial charge on any atom is -0.489 e. The smallest absolute Gasteiger partial charge is 0.275 e. The van der Waals surface area contributed by atoms with Crippen molar-refractivity contribution in [3.8, 4) is 11.8 Å². The molecular formula is C24H21N5O3. The molecule has 3 heterocycles. The Morgan fingerprint density at radius 1 is 1.16 bits per heavy atom. The summed E-state index contributed by atoms with van der Waals surface area (Å²) in [4.78, 5) is 29.6. The van der Waals surface area contributed by atoms with E-state index < -0.39 is 6.04 Å². The van der Waals surface area contributed by atoms with Crippen LogP contribution in [0.25, 0.3) is 0 Å². The van der Waals surface area contributed by atoms with Crippen LogP contribution in [0.1, 0.15) is 27.2 Å². The van der Waals surface area contributed by atoms with Gasteiger partial charge in [0.1, 0.15) is 18.4 Å². The summed E-state index contributed by atoms with van der Waals surface area (Å²) in [6.07, 6.45) is 2.45. The first-order chi connectivity index (χ1) is 15.6. The van der Waals surface area contributed by atoms with E-state index in [2.05, 4.69) is 11.2 Å². The molecule has 2 aliphatic heterocycles. The van der Waals surface area contributed by atoms with Gasteiger partial charge < -0.3 is 14.5 Å². The van der Waals surface area contributed by atoms with Crippen LogP contribution in [0.5, 0.6) is 5.75 Å². The molecule has 2 aliphatic rings. The maximum absolute atomic E-state index is 13.3. The molecule has 0 fully saturated rings. The first-order valence-electron chi connectivity index (χ1n) is 10.4. The number of hydrogen-bond donors (Lipinski definition) is 0. The topological polar surface area (TPSA) is 91.5 Å². The molecule has 0 aliphatic carbocycles. The van der Waals surface area contributed by atoms with Gasteiger partial charge in [0, 0.05) is 25.4 Å². The van der Waals surface area contributed by atoms with Crippen molar-refractivity contribution in [3.63, 3.8) is 0 Å². The van der Waals surface area contributed by atoms with Gasteiger partial charge in [0.25, 0.3) is 11.8 Å². The lowest BCUT2D eigenvalue weighted by Gasteiger charge is -2.33. The highest BCUT2D eigenvalue weighted by atomic mass is 16.5. The number of anilines is 1. The Kier molecular flexibility index (Phi) is 4.86. The van der Waals surface area contributed by atoms with Gasteiger partial charge in [-0.1, -0.05) is 30.3 Å². The third-order valence-corrected chi connectivity index (χ3v) is 6.01. The molecule has 0 N–H and O–H groups in total. The van der Waals surface area contributed by atoms with E-state index in [1.807, 2.05) is 48.7 Å². The van der Waals surface area contributed by atoms with Crippen LogP contribution in [0.4, 0.5) is 5.69 Å². The summed E-state index contributed by atoms with van der Waals surface area (Å²) in [5.41, 5.74) is 3.30. The molecule has 2 aromatic carbocycles. The van der Waals surface area contributed by atoms with E-state index in [4.69, 9.17) is 4.74 Å². The molecule has 0 saturated carbocycles. The lowest BCUT2D eigenvalue weighted by atomic mass is 10.0. The number of ether oxygens (including phenoxy) is 1. The number of rotatable bonds is 3. The summed E-state index contributed by atoms with van der Waals surface area (Å²) < 4.78 is 7.58. The van der Waals surface area contributed by atoms with Crippen molar-refractivity contribution in [1.29, 1.82) is 5.26 Å². The van der Waals surface area contributed by atoms with E-state index in [0.717, 1.165) is 11.1 Å². The van der Waals surface area contributed by atoms with Gasteiger partial charge in [0.2, 0.25) is 0 Å². The molecule has 32 heavy (non-hydrogen) atoms. The van der Waals surface area contributed by atoms with E-state index in [1.54, 1.807) is 27.6 Å². The van der Waals surface area contributed by atoms with Gasteiger partial charge in [-0.05, 0) is 30.2 Å². The van der Waals surface area contributed by atoms with Crippen LogP contribution < -0.4 is 9.64 Å². The fourth-order valence-electron chi connectivity index (χ4n) is 4.29. The normalized spacial score (nSPS) is 17.8. The molecule has 0 radical (unpaired) electrons. The maximum atomic E-state index is 13.3. The van der Waals surface area contributed by atoms with Gasteiger partial charge >= 0.3 is 0 Å². The Labute approximate surface area is 185 Å². The lowest BCUT2D eigenvalue weighted by Crippen LogP contribution is -2.54. The molecule has 0 unspecified atom stereocenters.